The molecule has 0 aliphatic heterocycles. The zero-order chi connectivity index (χ0) is 10.1. The molecule has 1 nitrogen and oxygen atoms in total. The Labute approximate surface area is 133 Å². The first-order valence-electron chi connectivity index (χ1n) is 4.36. The molecule has 0 saturated heterocycles. The molecule has 0 N–H and O–H groups in total. The zero-order valence-corrected chi connectivity index (χ0v) is 15.0. The number of rotatable bonds is 3. The molecule has 1 rings (SSSR count). The van der Waals surface area contributed by atoms with Crippen molar-refractivity contribution in [1.82, 2.24) is 0 Å². The quantitative estimate of drug-likeness (QED) is 0.651. The zero-order valence-electron chi connectivity index (χ0n) is 9.19. The van der Waals surface area contributed by atoms with Crippen molar-refractivity contribution in [1.29, 1.82) is 0 Å². The van der Waals surface area contributed by atoms with E-state index in [9.17, 15) is 4.79 Å². The number of hydrogen-bond donors (Lipinski definition) is 0. The van der Waals surface area contributed by atoms with Crippen molar-refractivity contribution in [2.45, 2.75) is 20.3 Å². The first kappa shape index (κ1) is 21.0. The normalized spacial score (nSPS) is 9.53. The molecule has 0 heterocycles. The Bertz CT molecular complexity index is 226. The van der Waals surface area contributed by atoms with Gasteiger partial charge < -0.3 is 11.7 Å². The van der Waals surface area contributed by atoms with Gasteiger partial charge in [-0.2, -0.15) is 42.8 Å². The van der Waals surface area contributed by atoms with Crippen LogP contribution in [0.25, 0.3) is 0 Å². The van der Waals surface area contributed by atoms with Crippen molar-refractivity contribution in [3.05, 3.63) is 42.8 Å². The summed E-state index contributed by atoms with van der Waals surface area (Å²) in [6.45, 7) is 6.86. The van der Waals surface area contributed by atoms with Gasteiger partial charge in [0.2, 0.25) is 0 Å². The summed E-state index contributed by atoms with van der Waals surface area (Å²) < 4.78 is 0. The molecule has 79 valence electrons. The third-order valence-electron chi connectivity index (χ3n) is 1.53. The number of hydrogen-bond acceptors (Lipinski definition) is 1. The molecule has 1 atom stereocenters. The van der Waals surface area contributed by atoms with Crippen LogP contribution >= 0.6 is 0 Å². The summed E-state index contributed by atoms with van der Waals surface area (Å²) in [5.74, 6) is -0.00241. The Morgan fingerprint density at radius 1 is 1.40 bits per heavy atom. The molecular formula is C12H15OWY-. The van der Waals surface area contributed by atoms with E-state index < -0.39 is 0 Å². The van der Waals surface area contributed by atoms with Gasteiger partial charge in [-0.3, -0.25) is 6.29 Å². The molecule has 15 heavy (non-hydrogen) atoms. The van der Waals surface area contributed by atoms with Gasteiger partial charge in [-0.05, 0) is 0 Å². The Hall–Kier alpha value is 0.682. The summed E-state index contributed by atoms with van der Waals surface area (Å²) in [6.07, 6.45) is 2.73. The van der Waals surface area contributed by atoms with Crippen LogP contribution in [0.5, 0.6) is 0 Å². The molecule has 1 aromatic rings. The largest absolute Gasteiger partial charge is 2.00 e. The summed E-state index contributed by atoms with van der Waals surface area (Å²) in [5.41, 5.74) is 1.17. The van der Waals surface area contributed by atoms with E-state index in [2.05, 4.69) is 13.0 Å². The monoisotopic (exact) mass is 448 g/mol. The predicted molar refractivity (Wildman–Crippen MR) is 54.9 cm³/mol. The minimum Gasteiger partial charge on any atom is -0.542 e. The first-order chi connectivity index (χ1) is 6.33. The molecule has 0 fully saturated rings. The van der Waals surface area contributed by atoms with E-state index in [4.69, 9.17) is 0 Å². The Kier molecular flexibility index (Phi) is 20.6. The van der Waals surface area contributed by atoms with Crippen LogP contribution in [0.3, 0.4) is 0 Å². The van der Waals surface area contributed by atoms with Gasteiger partial charge in [0.05, 0.1) is 0 Å². The van der Waals surface area contributed by atoms with Gasteiger partial charge in [-0.25, -0.2) is 0 Å². The van der Waals surface area contributed by atoms with Crippen molar-refractivity contribution in [2.75, 3.05) is 0 Å². The second-order valence-corrected chi connectivity index (χ2v) is 2.63. The van der Waals surface area contributed by atoms with Gasteiger partial charge in [-0.1, -0.05) is 13.3 Å². The summed E-state index contributed by atoms with van der Waals surface area (Å²) in [7, 11) is 0. The molecule has 0 aromatic heterocycles. The first-order valence-corrected chi connectivity index (χ1v) is 4.36. The minimum atomic E-state index is -0.00241. The van der Waals surface area contributed by atoms with Gasteiger partial charge in [0, 0.05) is 32.7 Å². The molecule has 0 saturated carbocycles. The summed E-state index contributed by atoms with van der Waals surface area (Å²) in [4.78, 5) is 10.2. The van der Waals surface area contributed by atoms with Crippen LogP contribution in [0.15, 0.2) is 24.3 Å². The van der Waals surface area contributed by atoms with Crippen molar-refractivity contribution < 1.29 is 58.6 Å². The van der Waals surface area contributed by atoms with Gasteiger partial charge in [-0.15, -0.1) is 5.92 Å². The van der Waals surface area contributed by atoms with Crippen LogP contribution in [-0.2, 0) is 65.0 Å². The molecule has 0 aliphatic rings. The predicted octanol–water partition coefficient (Wildman–Crippen LogP) is 2.61. The summed E-state index contributed by atoms with van der Waals surface area (Å²) in [5, 5.41) is 0. The van der Waals surface area contributed by atoms with Gasteiger partial charge >= 0.3 is 21.1 Å². The molecule has 1 aromatic carbocycles. The maximum atomic E-state index is 10.2. The van der Waals surface area contributed by atoms with E-state index in [1.54, 1.807) is 6.92 Å². The number of carbonyl (C=O) groups excluding carboxylic acids is 1. The maximum Gasteiger partial charge on any atom is 2.00 e. The van der Waals surface area contributed by atoms with E-state index in [0.717, 1.165) is 6.42 Å². The van der Waals surface area contributed by atoms with Gasteiger partial charge in [0.1, 0.15) is 0 Å². The molecule has 1 unspecified atom stereocenters. The van der Waals surface area contributed by atoms with Crippen LogP contribution in [0.2, 0.25) is 0 Å². The fraction of sp³-hybridized carbons (Fsp3) is 0.333. The van der Waals surface area contributed by atoms with Crippen molar-refractivity contribution >= 4 is 6.29 Å². The fourth-order valence-corrected chi connectivity index (χ4v) is 0.953. The second-order valence-electron chi connectivity index (χ2n) is 2.63. The molecule has 0 spiro atoms. The topological polar surface area (TPSA) is 17.1 Å². The molecular weight excluding hydrogens is 433 g/mol. The summed E-state index contributed by atoms with van der Waals surface area (Å²) >= 11 is 0. The standard InChI is InChI=1S/C10H10O.C2H5.W.Y/c1-9(8-11)7-10-5-3-2-4-6-10;1-2;;/h3-6,9H,7H2,1H3;1H2,2H3;;/q-2;-1;+2;. The van der Waals surface area contributed by atoms with Crippen LogP contribution in [0.1, 0.15) is 19.4 Å². The SMILES string of the molecule is CC([C-]=O)Cc1cc[c-]cc1.[CH2-]C.[W+2].[Y]. The molecule has 3 heteroatoms. The van der Waals surface area contributed by atoms with Crippen LogP contribution in [0, 0.1) is 18.9 Å². The van der Waals surface area contributed by atoms with Crippen molar-refractivity contribution in [3.8, 4) is 0 Å². The Morgan fingerprint density at radius 3 is 2.27 bits per heavy atom. The van der Waals surface area contributed by atoms with Gasteiger partial charge in [0.25, 0.3) is 0 Å². The summed E-state index contributed by atoms with van der Waals surface area (Å²) in [6, 6.07) is 10.6. The van der Waals surface area contributed by atoms with E-state index >= 15 is 0 Å². The second kappa shape index (κ2) is 14.7. The molecule has 1 radical (unpaired) electrons. The third kappa shape index (κ3) is 11.0. The van der Waals surface area contributed by atoms with Crippen LogP contribution in [0.4, 0.5) is 0 Å². The van der Waals surface area contributed by atoms with E-state index in [0.29, 0.717) is 0 Å². The van der Waals surface area contributed by atoms with E-state index in [1.165, 1.54) is 5.56 Å². The third-order valence-corrected chi connectivity index (χ3v) is 1.53. The molecule has 0 bridgehead atoms. The van der Waals surface area contributed by atoms with Crippen molar-refractivity contribution in [3.63, 3.8) is 0 Å². The van der Waals surface area contributed by atoms with Gasteiger partial charge in [0.15, 0.2) is 0 Å². The average molecular weight is 448 g/mol. The molecule has 0 aliphatic carbocycles. The minimum absolute atomic E-state index is 0. The average Bonchev–Trinajstić information content (AvgIpc) is 2.22. The maximum absolute atomic E-state index is 10.2. The van der Waals surface area contributed by atoms with Crippen LogP contribution in [-0.4, -0.2) is 6.29 Å². The fourth-order valence-electron chi connectivity index (χ4n) is 0.953. The smallest absolute Gasteiger partial charge is 0.542 e. The van der Waals surface area contributed by atoms with E-state index in [1.807, 2.05) is 37.5 Å². The van der Waals surface area contributed by atoms with E-state index in [-0.39, 0.29) is 59.7 Å². The molecule has 0 amide bonds. The Morgan fingerprint density at radius 2 is 1.87 bits per heavy atom. The van der Waals surface area contributed by atoms with Crippen LogP contribution < -0.4 is 0 Å². The van der Waals surface area contributed by atoms with Crippen molar-refractivity contribution in [2.24, 2.45) is 5.92 Å². The Balaban J connectivity index is -0.000000339. The number of benzene rings is 1.